The molecule has 1 amide bonds. The average Bonchev–Trinajstić information content (AvgIpc) is 3.28. The minimum Gasteiger partial charge on any atom is -0.493 e. The first-order chi connectivity index (χ1) is 16.0. The molecule has 0 aromatic heterocycles. The third-order valence-electron chi connectivity index (χ3n) is 5.28. The molecule has 168 valence electrons. The van der Waals surface area contributed by atoms with Crippen molar-refractivity contribution in [2.24, 2.45) is 5.10 Å². The van der Waals surface area contributed by atoms with E-state index >= 15 is 0 Å². The lowest BCUT2D eigenvalue weighted by atomic mass is 9.98. The summed E-state index contributed by atoms with van der Waals surface area (Å²) < 4.78 is 11.0. The van der Waals surface area contributed by atoms with Gasteiger partial charge in [0, 0.05) is 27.6 Å². The Bertz CT molecular complexity index is 1210. The number of methoxy groups -OCH3 is 1. The number of halogens is 2. The van der Waals surface area contributed by atoms with Crippen LogP contribution in [-0.2, 0) is 4.79 Å². The van der Waals surface area contributed by atoms with E-state index < -0.39 is 0 Å². The van der Waals surface area contributed by atoms with E-state index in [9.17, 15) is 9.59 Å². The van der Waals surface area contributed by atoms with E-state index in [1.54, 1.807) is 36.4 Å². The number of carbonyl (C=O) groups excluding carboxylic acids is 2. The van der Waals surface area contributed by atoms with Gasteiger partial charge in [-0.2, -0.15) is 5.10 Å². The SMILES string of the molecule is COc1cc(C=O)ccc1OCC(=O)N1N=C(c2ccccc2Cl)CC1c1ccc(Cl)cc1. The summed E-state index contributed by atoms with van der Waals surface area (Å²) in [6.45, 7) is -0.264. The van der Waals surface area contributed by atoms with E-state index in [-0.39, 0.29) is 18.6 Å². The summed E-state index contributed by atoms with van der Waals surface area (Å²) in [5.74, 6) is 0.385. The number of ether oxygens (including phenoxy) is 2. The van der Waals surface area contributed by atoms with Gasteiger partial charge >= 0.3 is 0 Å². The molecule has 33 heavy (non-hydrogen) atoms. The number of carbonyl (C=O) groups is 2. The van der Waals surface area contributed by atoms with Gasteiger partial charge in [-0.1, -0.05) is 53.5 Å². The molecule has 1 aliphatic heterocycles. The molecule has 8 heteroatoms. The molecule has 1 atom stereocenters. The van der Waals surface area contributed by atoms with Crippen molar-refractivity contribution in [2.75, 3.05) is 13.7 Å². The Morgan fingerprint density at radius 2 is 1.85 bits per heavy atom. The van der Waals surface area contributed by atoms with Crippen molar-refractivity contribution in [2.45, 2.75) is 12.5 Å². The first-order valence-corrected chi connectivity index (χ1v) is 10.9. The Morgan fingerprint density at radius 3 is 2.55 bits per heavy atom. The largest absolute Gasteiger partial charge is 0.493 e. The summed E-state index contributed by atoms with van der Waals surface area (Å²) in [6, 6.07) is 19.1. The first kappa shape index (κ1) is 22.8. The summed E-state index contributed by atoms with van der Waals surface area (Å²) in [7, 11) is 1.47. The lowest BCUT2D eigenvalue weighted by molar-refractivity contribution is -0.135. The maximum Gasteiger partial charge on any atom is 0.281 e. The Hall–Kier alpha value is -3.35. The summed E-state index contributed by atoms with van der Waals surface area (Å²) in [4.78, 5) is 24.2. The van der Waals surface area contributed by atoms with Crippen molar-refractivity contribution in [3.05, 3.63) is 93.5 Å². The second kappa shape index (κ2) is 10.1. The number of rotatable bonds is 7. The average molecular weight is 483 g/mol. The summed E-state index contributed by atoms with van der Waals surface area (Å²) in [5.41, 5.74) is 2.83. The second-order valence-electron chi connectivity index (χ2n) is 7.35. The molecule has 0 spiro atoms. The Morgan fingerprint density at radius 1 is 1.09 bits per heavy atom. The van der Waals surface area contributed by atoms with Gasteiger partial charge in [-0.3, -0.25) is 9.59 Å². The molecular weight excluding hydrogens is 463 g/mol. The van der Waals surface area contributed by atoms with Crippen molar-refractivity contribution in [1.82, 2.24) is 5.01 Å². The van der Waals surface area contributed by atoms with E-state index in [1.807, 2.05) is 30.3 Å². The van der Waals surface area contributed by atoms with Gasteiger partial charge < -0.3 is 9.47 Å². The molecular formula is C25H20Cl2N2O4. The van der Waals surface area contributed by atoms with Crippen LogP contribution in [0.5, 0.6) is 11.5 Å². The number of hydrogen-bond acceptors (Lipinski definition) is 5. The van der Waals surface area contributed by atoms with Crippen LogP contribution in [0.3, 0.4) is 0 Å². The first-order valence-electron chi connectivity index (χ1n) is 10.2. The maximum absolute atomic E-state index is 13.2. The monoisotopic (exact) mass is 482 g/mol. The van der Waals surface area contributed by atoms with Crippen molar-refractivity contribution < 1.29 is 19.1 Å². The van der Waals surface area contributed by atoms with E-state index in [1.165, 1.54) is 12.1 Å². The standard InChI is InChI=1S/C25H20Cl2N2O4/c1-32-24-12-16(14-30)6-11-23(24)33-15-25(31)29-22(17-7-9-18(26)10-8-17)13-21(28-29)19-4-2-3-5-20(19)27/h2-12,14,22H,13,15H2,1H3. The van der Waals surface area contributed by atoms with Crippen molar-refractivity contribution in [1.29, 1.82) is 0 Å². The number of amides is 1. The minimum atomic E-state index is -0.335. The van der Waals surface area contributed by atoms with Gasteiger partial charge in [0.25, 0.3) is 5.91 Å². The molecule has 3 aromatic carbocycles. The molecule has 1 aliphatic rings. The van der Waals surface area contributed by atoms with Crippen LogP contribution in [0.4, 0.5) is 0 Å². The second-order valence-corrected chi connectivity index (χ2v) is 8.20. The van der Waals surface area contributed by atoms with Gasteiger partial charge in [0.1, 0.15) is 6.29 Å². The van der Waals surface area contributed by atoms with E-state index in [4.69, 9.17) is 32.7 Å². The van der Waals surface area contributed by atoms with Gasteiger partial charge in [-0.25, -0.2) is 5.01 Å². The fraction of sp³-hybridized carbons (Fsp3) is 0.160. The smallest absolute Gasteiger partial charge is 0.281 e. The van der Waals surface area contributed by atoms with Crippen molar-refractivity contribution >= 4 is 41.1 Å². The van der Waals surface area contributed by atoms with Gasteiger partial charge in [-0.15, -0.1) is 0 Å². The highest BCUT2D eigenvalue weighted by Gasteiger charge is 2.34. The lowest BCUT2D eigenvalue weighted by Crippen LogP contribution is -2.31. The normalized spacial score (nSPS) is 15.2. The topological polar surface area (TPSA) is 68.2 Å². The molecule has 1 heterocycles. The number of hydrogen-bond donors (Lipinski definition) is 0. The van der Waals surface area contributed by atoms with Crippen LogP contribution in [0.2, 0.25) is 10.0 Å². The predicted octanol–water partition coefficient (Wildman–Crippen LogP) is 5.57. The molecule has 0 radical (unpaired) electrons. The number of nitrogens with zero attached hydrogens (tertiary/aromatic N) is 2. The molecule has 0 saturated heterocycles. The van der Waals surface area contributed by atoms with E-state index in [0.717, 1.165) is 11.1 Å². The minimum absolute atomic E-state index is 0.264. The fourth-order valence-corrected chi connectivity index (χ4v) is 4.00. The zero-order chi connectivity index (χ0) is 23.4. The Balaban J connectivity index is 1.60. The zero-order valence-electron chi connectivity index (χ0n) is 17.7. The lowest BCUT2D eigenvalue weighted by Gasteiger charge is -2.22. The number of benzene rings is 3. The molecule has 1 unspecified atom stereocenters. The van der Waals surface area contributed by atoms with Crippen LogP contribution in [-0.4, -0.2) is 36.6 Å². The van der Waals surface area contributed by atoms with Gasteiger partial charge in [0.2, 0.25) is 0 Å². The van der Waals surface area contributed by atoms with Crippen LogP contribution < -0.4 is 9.47 Å². The number of hydrazone groups is 1. The van der Waals surface area contributed by atoms with Gasteiger partial charge in [-0.05, 0) is 42.0 Å². The molecule has 4 rings (SSSR count). The summed E-state index contributed by atoms with van der Waals surface area (Å²) in [6.07, 6.45) is 1.21. The molecule has 3 aromatic rings. The molecule has 0 N–H and O–H groups in total. The fourth-order valence-electron chi connectivity index (χ4n) is 3.63. The van der Waals surface area contributed by atoms with Crippen molar-refractivity contribution in [3.63, 3.8) is 0 Å². The molecule has 6 nitrogen and oxygen atoms in total. The van der Waals surface area contributed by atoms with E-state index in [2.05, 4.69) is 5.10 Å². The van der Waals surface area contributed by atoms with Gasteiger partial charge in [0.15, 0.2) is 18.1 Å². The highest BCUT2D eigenvalue weighted by atomic mass is 35.5. The third-order valence-corrected chi connectivity index (χ3v) is 5.86. The van der Waals surface area contributed by atoms with Crippen LogP contribution in [0.1, 0.15) is 33.9 Å². The van der Waals surface area contributed by atoms with Gasteiger partial charge in [0.05, 0.1) is 18.9 Å². The van der Waals surface area contributed by atoms with Crippen LogP contribution >= 0.6 is 23.2 Å². The molecule has 0 aliphatic carbocycles. The molecule has 0 bridgehead atoms. The van der Waals surface area contributed by atoms with E-state index in [0.29, 0.717) is 45.5 Å². The Labute approximate surface area is 201 Å². The molecule has 0 saturated carbocycles. The van der Waals surface area contributed by atoms with Crippen LogP contribution in [0.15, 0.2) is 71.8 Å². The zero-order valence-corrected chi connectivity index (χ0v) is 19.2. The number of aldehydes is 1. The maximum atomic E-state index is 13.2. The third kappa shape index (κ3) is 5.02. The highest BCUT2D eigenvalue weighted by Crippen LogP contribution is 2.35. The predicted molar refractivity (Wildman–Crippen MR) is 128 cm³/mol. The van der Waals surface area contributed by atoms with Crippen LogP contribution in [0.25, 0.3) is 0 Å². The Kier molecular flexibility index (Phi) is 6.96. The van der Waals surface area contributed by atoms with Crippen molar-refractivity contribution in [3.8, 4) is 11.5 Å². The summed E-state index contributed by atoms with van der Waals surface area (Å²) in [5, 5.41) is 7.21. The van der Waals surface area contributed by atoms with Crippen LogP contribution in [0, 0.1) is 0 Å². The molecule has 0 fully saturated rings. The quantitative estimate of drug-likeness (QED) is 0.412. The summed E-state index contributed by atoms with van der Waals surface area (Å²) >= 11 is 12.4. The highest BCUT2D eigenvalue weighted by molar-refractivity contribution is 6.34.